The molecule has 1 aliphatic rings. The summed E-state index contributed by atoms with van der Waals surface area (Å²) in [5, 5.41) is 10.8. The van der Waals surface area contributed by atoms with Crippen LogP contribution in [0.5, 0.6) is 0 Å². The Hall–Kier alpha value is -2.91. The molecule has 2 unspecified atom stereocenters. The van der Waals surface area contributed by atoms with Crippen molar-refractivity contribution in [2.75, 3.05) is 11.4 Å². The van der Waals surface area contributed by atoms with Crippen LogP contribution >= 0.6 is 11.8 Å². The number of fused-ring (bicyclic) bond motifs is 1. The largest absolute Gasteiger partial charge is 0.348 e. The number of rotatable bonds is 6. The number of halogens is 1. The summed E-state index contributed by atoms with van der Waals surface area (Å²) in [6, 6.07) is 12.5. The van der Waals surface area contributed by atoms with Crippen LogP contribution < -0.4 is 15.7 Å². The smallest absolute Gasteiger partial charge is 0.244 e. The zero-order valence-electron chi connectivity index (χ0n) is 15.6. The molecule has 152 valence electrons. The Morgan fingerprint density at radius 2 is 1.86 bits per heavy atom. The molecule has 29 heavy (non-hydrogen) atoms. The van der Waals surface area contributed by atoms with Crippen LogP contribution in [-0.2, 0) is 14.4 Å². The van der Waals surface area contributed by atoms with Crippen LogP contribution in [0.3, 0.4) is 0 Å². The number of anilines is 1. The summed E-state index contributed by atoms with van der Waals surface area (Å²) >= 11 is 1.22. The van der Waals surface area contributed by atoms with E-state index >= 15 is 0 Å². The number of nitrogens with one attached hydrogen (secondary N) is 2. The number of para-hydroxylation sites is 1. The normalized spacial score (nSPS) is 16.7. The minimum absolute atomic E-state index is 0.210. The molecule has 0 saturated heterocycles. The Balaban J connectivity index is 1.75. The molecule has 0 bridgehead atoms. The van der Waals surface area contributed by atoms with Gasteiger partial charge in [0.05, 0.1) is 17.0 Å². The van der Waals surface area contributed by atoms with Gasteiger partial charge in [0, 0.05) is 11.3 Å². The SMILES string of the molecule is CC(NC(=O)CN1C(=O)C(CC(=O)NO)Sc2ccccc21)c1ccc(F)cc1. The Morgan fingerprint density at radius 3 is 2.55 bits per heavy atom. The molecule has 9 heteroatoms. The molecule has 2 atom stereocenters. The first-order chi connectivity index (χ1) is 13.9. The highest BCUT2D eigenvalue weighted by Crippen LogP contribution is 2.40. The number of benzene rings is 2. The summed E-state index contributed by atoms with van der Waals surface area (Å²) in [7, 11) is 0. The first-order valence-corrected chi connectivity index (χ1v) is 9.82. The van der Waals surface area contributed by atoms with E-state index in [0.29, 0.717) is 5.69 Å². The number of carbonyl (C=O) groups is 3. The summed E-state index contributed by atoms with van der Waals surface area (Å²) in [6.07, 6.45) is -0.210. The van der Waals surface area contributed by atoms with Gasteiger partial charge in [-0.05, 0) is 36.8 Å². The molecule has 0 radical (unpaired) electrons. The third kappa shape index (κ3) is 4.93. The molecule has 0 fully saturated rings. The fourth-order valence-electron chi connectivity index (χ4n) is 3.05. The third-order valence-electron chi connectivity index (χ3n) is 4.51. The summed E-state index contributed by atoms with van der Waals surface area (Å²) in [5.74, 6) is -1.81. The van der Waals surface area contributed by atoms with Gasteiger partial charge in [-0.25, -0.2) is 9.87 Å². The van der Waals surface area contributed by atoms with E-state index in [9.17, 15) is 18.8 Å². The van der Waals surface area contributed by atoms with E-state index in [2.05, 4.69) is 5.32 Å². The van der Waals surface area contributed by atoms with Crippen LogP contribution in [0.15, 0.2) is 53.4 Å². The van der Waals surface area contributed by atoms with Crippen LogP contribution in [0.4, 0.5) is 10.1 Å². The molecule has 1 aliphatic heterocycles. The fourth-order valence-corrected chi connectivity index (χ4v) is 4.27. The maximum absolute atomic E-state index is 13.1. The van der Waals surface area contributed by atoms with Gasteiger partial charge in [0.25, 0.3) is 0 Å². The molecule has 3 rings (SSSR count). The first kappa shape index (κ1) is 20.8. The minimum atomic E-state index is -0.751. The quantitative estimate of drug-likeness (QED) is 0.495. The van der Waals surface area contributed by atoms with Crippen molar-refractivity contribution in [1.82, 2.24) is 10.8 Å². The molecular weight excluding hydrogens is 397 g/mol. The predicted octanol–water partition coefficient (Wildman–Crippen LogP) is 2.41. The van der Waals surface area contributed by atoms with Gasteiger partial charge in [-0.1, -0.05) is 24.3 Å². The van der Waals surface area contributed by atoms with E-state index in [1.165, 1.54) is 34.3 Å². The van der Waals surface area contributed by atoms with E-state index < -0.39 is 11.2 Å². The van der Waals surface area contributed by atoms with Gasteiger partial charge in [0.15, 0.2) is 0 Å². The molecule has 0 aliphatic carbocycles. The van der Waals surface area contributed by atoms with Crippen molar-refractivity contribution in [2.45, 2.75) is 29.5 Å². The average Bonchev–Trinajstić information content (AvgIpc) is 2.71. The second-order valence-corrected chi connectivity index (χ2v) is 7.82. The van der Waals surface area contributed by atoms with Crippen molar-refractivity contribution in [3.05, 3.63) is 59.9 Å². The third-order valence-corrected chi connectivity index (χ3v) is 5.76. The number of thioether (sulfide) groups is 1. The molecular formula is C20H20FN3O4S. The van der Waals surface area contributed by atoms with Crippen LogP contribution in [0.2, 0.25) is 0 Å². The second-order valence-electron chi connectivity index (χ2n) is 6.58. The van der Waals surface area contributed by atoms with Crippen molar-refractivity contribution in [3.8, 4) is 0 Å². The first-order valence-electron chi connectivity index (χ1n) is 8.94. The number of carbonyl (C=O) groups excluding carboxylic acids is 3. The van der Waals surface area contributed by atoms with Gasteiger partial charge in [-0.15, -0.1) is 11.8 Å². The van der Waals surface area contributed by atoms with E-state index in [0.717, 1.165) is 10.5 Å². The van der Waals surface area contributed by atoms with Gasteiger partial charge >= 0.3 is 0 Å². The lowest BCUT2D eigenvalue weighted by atomic mass is 10.1. The molecule has 3 amide bonds. The zero-order valence-corrected chi connectivity index (χ0v) is 16.4. The van der Waals surface area contributed by atoms with Gasteiger partial charge < -0.3 is 10.2 Å². The number of hydrogen-bond acceptors (Lipinski definition) is 5. The van der Waals surface area contributed by atoms with Crippen molar-refractivity contribution in [2.24, 2.45) is 0 Å². The second kappa shape index (κ2) is 9.06. The number of nitrogens with zero attached hydrogens (tertiary/aromatic N) is 1. The van der Waals surface area contributed by atoms with Crippen molar-refractivity contribution < 1.29 is 24.0 Å². The van der Waals surface area contributed by atoms with E-state index in [1.54, 1.807) is 37.3 Å². The Bertz CT molecular complexity index is 922. The number of hydrogen-bond donors (Lipinski definition) is 3. The standard InChI is InChI=1S/C20H20FN3O4S/c1-12(13-6-8-14(21)9-7-13)22-19(26)11-24-15-4-2-3-5-16(15)29-17(20(24)27)10-18(25)23-28/h2-9,12,17,28H,10-11H2,1H3,(H,22,26)(H,23,25). The Morgan fingerprint density at radius 1 is 1.17 bits per heavy atom. The number of amides is 3. The van der Waals surface area contributed by atoms with Gasteiger partial charge in [-0.3, -0.25) is 19.6 Å². The summed E-state index contributed by atoms with van der Waals surface area (Å²) in [5.41, 5.74) is 2.86. The molecule has 2 aromatic carbocycles. The zero-order chi connectivity index (χ0) is 21.0. The minimum Gasteiger partial charge on any atom is -0.348 e. The average molecular weight is 417 g/mol. The molecule has 7 nitrogen and oxygen atoms in total. The van der Waals surface area contributed by atoms with Crippen LogP contribution in [0.1, 0.15) is 24.9 Å². The highest BCUT2D eigenvalue weighted by atomic mass is 32.2. The topological polar surface area (TPSA) is 98.7 Å². The van der Waals surface area contributed by atoms with Crippen LogP contribution in [-0.4, -0.2) is 34.7 Å². The van der Waals surface area contributed by atoms with E-state index in [4.69, 9.17) is 5.21 Å². The van der Waals surface area contributed by atoms with E-state index in [-0.39, 0.29) is 36.6 Å². The maximum atomic E-state index is 13.1. The van der Waals surface area contributed by atoms with Crippen molar-refractivity contribution >= 4 is 35.2 Å². The van der Waals surface area contributed by atoms with Crippen LogP contribution in [0.25, 0.3) is 0 Å². The molecule has 0 spiro atoms. The highest BCUT2D eigenvalue weighted by Gasteiger charge is 2.35. The predicted molar refractivity (Wildman–Crippen MR) is 106 cm³/mol. The summed E-state index contributed by atoms with van der Waals surface area (Å²) < 4.78 is 13.1. The molecule has 1 heterocycles. The number of hydroxylamine groups is 1. The summed E-state index contributed by atoms with van der Waals surface area (Å²) in [6.45, 7) is 1.54. The Labute approximate surface area is 171 Å². The lowest BCUT2D eigenvalue weighted by Crippen LogP contribution is -2.47. The van der Waals surface area contributed by atoms with E-state index in [1.807, 2.05) is 6.07 Å². The van der Waals surface area contributed by atoms with Gasteiger partial charge in [-0.2, -0.15) is 0 Å². The molecule has 3 N–H and O–H groups in total. The van der Waals surface area contributed by atoms with Gasteiger partial charge in [0.1, 0.15) is 12.4 Å². The highest BCUT2D eigenvalue weighted by molar-refractivity contribution is 8.01. The molecule has 2 aromatic rings. The Kier molecular flexibility index (Phi) is 6.50. The van der Waals surface area contributed by atoms with Gasteiger partial charge in [0.2, 0.25) is 17.7 Å². The monoisotopic (exact) mass is 417 g/mol. The fraction of sp³-hybridized carbons (Fsp3) is 0.250. The molecule has 0 saturated carbocycles. The lowest BCUT2D eigenvalue weighted by Gasteiger charge is -2.33. The van der Waals surface area contributed by atoms with Crippen molar-refractivity contribution in [3.63, 3.8) is 0 Å². The van der Waals surface area contributed by atoms with Crippen LogP contribution in [0, 0.1) is 5.82 Å². The lowest BCUT2D eigenvalue weighted by molar-refractivity contribution is -0.131. The summed E-state index contributed by atoms with van der Waals surface area (Å²) in [4.78, 5) is 39.1. The molecule has 0 aromatic heterocycles. The maximum Gasteiger partial charge on any atom is 0.244 e. The van der Waals surface area contributed by atoms with Crippen molar-refractivity contribution in [1.29, 1.82) is 0 Å².